The fourth-order valence-electron chi connectivity index (χ4n) is 2.17. The molecule has 1 aromatic heterocycles. The molecule has 112 valence electrons. The smallest absolute Gasteiger partial charge is 0.128 e. The SMILES string of the molecule is Cc1nc(N2CCS(=O)CC2)ccc1CNC(C)(C)C. The molecule has 2 heterocycles. The second-order valence-electron chi connectivity index (χ2n) is 6.35. The molecule has 1 aliphatic heterocycles. The van der Waals surface area contributed by atoms with Gasteiger partial charge in [0.25, 0.3) is 0 Å². The summed E-state index contributed by atoms with van der Waals surface area (Å²) in [5, 5.41) is 3.49. The summed E-state index contributed by atoms with van der Waals surface area (Å²) in [6.45, 7) is 11.1. The van der Waals surface area contributed by atoms with Gasteiger partial charge in [0.05, 0.1) is 0 Å². The predicted octanol–water partition coefficient (Wildman–Crippen LogP) is 1.85. The first kappa shape index (κ1) is 15.4. The van der Waals surface area contributed by atoms with Gasteiger partial charge in [-0.2, -0.15) is 0 Å². The number of rotatable bonds is 3. The lowest BCUT2D eigenvalue weighted by atomic mass is 10.1. The van der Waals surface area contributed by atoms with Gasteiger partial charge in [-0.3, -0.25) is 4.21 Å². The summed E-state index contributed by atoms with van der Waals surface area (Å²) in [6.07, 6.45) is 0. The van der Waals surface area contributed by atoms with E-state index in [1.807, 2.05) is 0 Å². The van der Waals surface area contributed by atoms with E-state index < -0.39 is 10.8 Å². The van der Waals surface area contributed by atoms with Gasteiger partial charge in [-0.1, -0.05) is 6.07 Å². The first-order chi connectivity index (χ1) is 9.35. The highest BCUT2D eigenvalue weighted by Gasteiger charge is 2.17. The molecule has 1 aromatic rings. The van der Waals surface area contributed by atoms with Crippen molar-refractivity contribution in [1.29, 1.82) is 0 Å². The average Bonchev–Trinajstić information content (AvgIpc) is 2.37. The van der Waals surface area contributed by atoms with E-state index in [9.17, 15) is 4.21 Å². The van der Waals surface area contributed by atoms with Gasteiger partial charge < -0.3 is 10.2 Å². The molecule has 20 heavy (non-hydrogen) atoms. The van der Waals surface area contributed by atoms with Crippen LogP contribution in [0.2, 0.25) is 0 Å². The molecule has 0 unspecified atom stereocenters. The average molecular weight is 295 g/mol. The molecule has 0 saturated carbocycles. The van der Waals surface area contributed by atoms with Crippen molar-refractivity contribution in [3.05, 3.63) is 23.4 Å². The van der Waals surface area contributed by atoms with E-state index in [1.54, 1.807) is 0 Å². The first-order valence-corrected chi connectivity index (χ1v) is 8.65. The Kier molecular flexibility index (Phi) is 4.81. The van der Waals surface area contributed by atoms with E-state index in [0.717, 1.165) is 42.7 Å². The number of nitrogens with zero attached hydrogens (tertiary/aromatic N) is 2. The minimum Gasteiger partial charge on any atom is -0.355 e. The molecule has 5 heteroatoms. The summed E-state index contributed by atoms with van der Waals surface area (Å²) in [7, 11) is -0.637. The summed E-state index contributed by atoms with van der Waals surface area (Å²) in [6, 6.07) is 4.24. The third-order valence-electron chi connectivity index (χ3n) is 3.49. The van der Waals surface area contributed by atoms with E-state index in [-0.39, 0.29) is 5.54 Å². The zero-order valence-electron chi connectivity index (χ0n) is 12.9. The largest absolute Gasteiger partial charge is 0.355 e. The zero-order chi connectivity index (χ0) is 14.8. The second-order valence-corrected chi connectivity index (χ2v) is 8.05. The number of anilines is 1. The van der Waals surface area contributed by atoms with Crippen LogP contribution in [0.1, 0.15) is 32.0 Å². The predicted molar refractivity (Wildman–Crippen MR) is 85.7 cm³/mol. The molecule has 2 rings (SSSR count). The molecular weight excluding hydrogens is 270 g/mol. The van der Waals surface area contributed by atoms with Crippen molar-refractivity contribution >= 4 is 16.6 Å². The van der Waals surface area contributed by atoms with E-state index in [4.69, 9.17) is 4.98 Å². The molecule has 1 aliphatic rings. The fourth-order valence-corrected chi connectivity index (χ4v) is 3.22. The number of pyridine rings is 1. The molecule has 0 atom stereocenters. The van der Waals surface area contributed by atoms with Crippen LogP contribution in [0.3, 0.4) is 0 Å². The van der Waals surface area contributed by atoms with Crippen LogP contribution in [-0.2, 0) is 17.3 Å². The summed E-state index contributed by atoms with van der Waals surface area (Å²) >= 11 is 0. The Morgan fingerprint density at radius 1 is 1.30 bits per heavy atom. The Morgan fingerprint density at radius 2 is 1.95 bits per heavy atom. The Balaban J connectivity index is 2.04. The van der Waals surface area contributed by atoms with Crippen molar-refractivity contribution in [3.63, 3.8) is 0 Å². The van der Waals surface area contributed by atoms with Crippen LogP contribution in [0.5, 0.6) is 0 Å². The van der Waals surface area contributed by atoms with Gasteiger partial charge in [0.15, 0.2) is 0 Å². The normalized spacial score (nSPS) is 17.5. The van der Waals surface area contributed by atoms with Gasteiger partial charge in [-0.15, -0.1) is 0 Å². The highest BCUT2D eigenvalue weighted by atomic mass is 32.2. The number of aromatic nitrogens is 1. The van der Waals surface area contributed by atoms with Crippen LogP contribution >= 0.6 is 0 Å². The molecule has 1 fully saturated rings. The van der Waals surface area contributed by atoms with E-state index >= 15 is 0 Å². The van der Waals surface area contributed by atoms with Gasteiger partial charge in [0.2, 0.25) is 0 Å². The summed E-state index contributed by atoms with van der Waals surface area (Å²) in [5.74, 6) is 2.53. The van der Waals surface area contributed by atoms with Gasteiger partial charge in [0, 0.05) is 53.2 Å². The molecule has 0 aliphatic carbocycles. The maximum atomic E-state index is 11.4. The van der Waals surface area contributed by atoms with E-state index in [0.29, 0.717) is 0 Å². The Morgan fingerprint density at radius 3 is 2.50 bits per heavy atom. The molecule has 0 radical (unpaired) electrons. The minimum atomic E-state index is -0.637. The number of nitrogens with one attached hydrogen (secondary N) is 1. The highest BCUT2D eigenvalue weighted by molar-refractivity contribution is 7.85. The molecular formula is C15H25N3OS. The van der Waals surface area contributed by atoms with Gasteiger partial charge in [-0.25, -0.2) is 4.98 Å². The molecule has 0 spiro atoms. The van der Waals surface area contributed by atoms with E-state index in [2.05, 4.69) is 50.0 Å². The lowest BCUT2D eigenvalue weighted by Gasteiger charge is -2.28. The minimum absolute atomic E-state index is 0.113. The van der Waals surface area contributed by atoms with E-state index in [1.165, 1.54) is 5.56 Å². The summed E-state index contributed by atoms with van der Waals surface area (Å²) in [4.78, 5) is 6.94. The molecule has 4 nitrogen and oxygen atoms in total. The highest BCUT2D eigenvalue weighted by Crippen LogP contribution is 2.17. The standard InChI is InChI=1S/C15H25N3OS/c1-12-13(11-16-15(2,3)4)5-6-14(17-12)18-7-9-20(19)10-8-18/h5-6,16H,7-11H2,1-4H3. The van der Waals surface area contributed by atoms with Crippen LogP contribution < -0.4 is 10.2 Å². The summed E-state index contributed by atoms with van der Waals surface area (Å²) in [5.41, 5.74) is 2.43. The Hall–Kier alpha value is -0.940. The van der Waals surface area contributed by atoms with Crippen LogP contribution in [-0.4, -0.2) is 39.3 Å². The second kappa shape index (κ2) is 6.22. The molecule has 1 N–H and O–H groups in total. The topological polar surface area (TPSA) is 45.2 Å². The Bertz CT molecular complexity index is 486. The lowest BCUT2D eigenvalue weighted by Crippen LogP contribution is -2.38. The lowest BCUT2D eigenvalue weighted by molar-refractivity contribution is 0.423. The molecule has 0 aromatic carbocycles. The van der Waals surface area contributed by atoms with Gasteiger partial charge >= 0.3 is 0 Å². The van der Waals surface area contributed by atoms with Crippen LogP contribution in [0.15, 0.2) is 12.1 Å². The van der Waals surface area contributed by atoms with Gasteiger partial charge in [-0.05, 0) is 39.3 Å². The number of aryl methyl sites for hydroxylation is 1. The molecule has 0 amide bonds. The number of hydrogen-bond acceptors (Lipinski definition) is 4. The third kappa shape index (κ3) is 4.28. The zero-order valence-corrected chi connectivity index (χ0v) is 13.7. The summed E-state index contributed by atoms with van der Waals surface area (Å²) < 4.78 is 11.4. The quantitative estimate of drug-likeness (QED) is 0.924. The maximum Gasteiger partial charge on any atom is 0.128 e. The van der Waals surface area contributed by atoms with Crippen molar-refractivity contribution in [1.82, 2.24) is 10.3 Å². The van der Waals surface area contributed by atoms with Crippen molar-refractivity contribution in [2.24, 2.45) is 0 Å². The molecule has 0 bridgehead atoms. The van der Waals surface area contributed by atoms with Crippen LogP contribution in [0.25, 0.3) is 0 Å². The molecule has 1 saturated heterocycles. The Labute approximate surface area is 124 Å². The van der Waals surface area contributed by atoms with Crippen molar-refractivity contribution in [2.45, 2.75) is 39.8 Å². The fraction of sp³-hybridized carbons (Fsp3) is 0.667. The van der Waals surface area contributed by atoms with Crippen molar-refractivity contribution in [3.8, 4) is 0 Å². The maximum absolute atomic E-state index is 11.4. The van der Waals surface area contributed by atoms with Crippen molar-refractivity contribution in [2.75, 3.05) is 29.5 Å². The van der Waals surface area contributed by atoms with Gasteiger partial charge in [0.1, 0.15) is 5.82 Å². The third-order valence-corrected chi connectivity index (χ3v) is 4.77. The monoisotopic (exact) mass is 295 g/mol. The first-order valence-electron chi connectivity index (χ1n) is 7.17. The van der Waals surface area contributed by atoms with Crippen LogP contribution in [0.4, 0.5) is 5.82 Å². The van der Waals surface area contributed by atoms with Crippen LogP contribution in [0, 0.1) is 6.92 Å². The number of hydrogen-bond donors (Lipinski definition) is 1. The van der Waals surface area contributed by atoms with Crippen molar-refractivity contribution < 1.29 is 4.21 Å².